The molecule has 0 aromatic carbocycles. The quantitative estimate of drug-likeness (QED) is 0.808. The summed E-state index contributed by atoms with van der Waals surface area (Å²) in [7, 11) is 0. The van der Waals surface area contributed by atoms with E-state index in [1.807, 2.05) is 6.07 Å². The molecule has 1 aromatic rings. The van der Waals surface area contributed by atoms with Crippen LogP contribution in [0.2, 0.25) is 5.15 Å². The van der Waals surface area contributed by atoms with Crippen molar-refractivity contribution in [1.82, 2.24) is 4.98 Å². The second-order valence-electron chi connectivity index (χ2n) is 4.94. The number of nitrogens with zero attached hydrogens (tertiary/aromatic N) is 1. The fraction of sp³-hybridized carbons (Fsp3) is 0.615. The van der Waals surface area contributed by atoms with Crippen LogP contribution in [-0.4, -0.2) is 11.0 Å². The normalized spacial score (nSPS) is 18.9. The summed E-state index contributed by atoms with van der Waals surface area (Å²) in [5.41, 5.74) is 6.41. The van der Waals surface area contributed by atoms with E-state index in [1.165, 1.54) is 32.1 Å². The van der Waals surface area contributed by atoms with E-state index < -0.39 is 0 Å². The predicted octanol–water partition coefficient (Wildman–Crippen LogP) is 3.70. The molecule has 94 valence electrons. The predicted molar refractivity (Wildman–Crippen MR) is 73.3 cm³/mol. The smallest absolute Gasteiger partial charge is 0.133 e. The molecule has 1 saturated carbocycles. The summed E-state index contributed by atoms with van der Waals surface area (Å²) in [6.45, 7) is 2.22. The van der Waals surface area contributed by atoms with Crippen molar-refractivity contribution >= 4 is 23.1 Å². The van der Waals surface area contributed by atoms with E-state index >= 15 is 0 Å². The molecule has 3 N–H and O–H groups in total. The van der Waals surface area contributed by atoms with Crippen molar-refractivity contribution in [2.24, 2.45) is 5.92 Å². The molecule has 0 spiro atoms. The molecule has 1 aliphatic rings. The van der Waals surface area contributed by atoms with Gasteiger partial charge in [-0.2, -0.15) is 0 Å². The minimum atomic E-state index is 0.431. The van der Waals surface area contributed by atoms with Crippen molar-refractivity contribution in [3.63, 3.8) is 0 Å². The molecule has 0 radical (unpaired) electrons. The number of rotatable bonds is 3. The highest BCUT2D eigenvalue weighted by atomic mass is 35.5. The van der Waals surface area contributed by atoms with Crippen molar-refractivity contribution in [1.29, 1.82) is 0 Å². The Morgan fingerprint density at radius 1 is 1.35 bits per heavy atom. The number of nitrogens with two attached hydrogens (primary N) is 1. The molecule has 1 aliphatic carbocycles. The van der Waals surface area contributed by atoms with Crippen LogP contribution in [-0.2, 0) is 0 Å². The molecule has 4 heteroatoms. The van der Waals surface area contributed by atoms with Gasteiger partial charge in [-0.25, -0.2) is 4.98 Å². The third-order valence-electron chi connectivity index (χ3n) is 3.55. The van der Waals surface area contributed by atoms with Crippen LogP contribution in [0.5, 0.6) is 0 Å². The minimum absolute atomic E-state index is 0.431. The molecule has 0 amide bonds. The van der Waals surface area contributed by atoms with Gasteiger partial charge in [0.1, 0.15) is 11.0 Å². The van der Waals surface area contributed by atoms with E-state index in [4.69, 9.17) is 17.3 Å². The van der Waals surface area contributed by atoms with Crippen LogP contribution in [0.15, 0.2) is 12.1 Å². The zero-order valence-electron chi connectivity index (χ0n) is 10.2. The molecular formula is C13H20ClN3. The Bertz CT molecular complexity index is 355. The lowest BCUT2D eigenvalue weighted by atomic mass is 9.84. The molecule has 2 rings (SSSR count). The summed E-state index contributed by atoms with van der Waals surface area (Å²) >= 11 is 5.89. The highest BCUT2D eigenvalue weighted by Gasteiger charge is 2.20. The SMILES string of the molecule is CC(Nc1cc(N)cc(Cl)n1)C1CCCCC1. The van der Waals surface area contributed by atoms with E-state index in [0.29, 0.717) is 16.9 Å². The maximum Gasteiger partial charge on any atom is 0.133 e. The van der Waals surface area contributed by atoms with E-state index in [2.05, 4.69) is 17.2 Å². The van der Waals surface area contributed by atoms with Gasteiger partial charge < -0.3 is 11.1 Å². The summed E-state index contributed by atoms with van der Waals surface area (Å²) in [6.07, 6.45) is 6.70. The average molecular weight is 254 g/mol. The third kappa shape index (κ3) is 3.50. The molecule has 0 bridgehead atoms. The van der Waals surface area contributed by atoms with E-state index in [9.17, 15) is 0 Å². The molecule has 0 aliphatic heterocycles. The number of nitrogen functional groups attached to an aromatic ring is 1. The van der Waals surface area contributed by atoms with Crippen molar-refractivity contribution in [2.75, 3.05) is 11.1 Å². The molecule has 17 heavy (non-hydrogen) atoms. The number of hydrogen-bond acceptors (Lipinski definition) is 3. The number of anilines is 2. The van der Waals surface area contributed by atoms with Crippen LogP contribution in [0, 0.1) is 5.92 Å². The monoisotopic (exact) mass is 253 g/mol. The number of pyridine rings is 1. The second kappa shape index (κ2) is 5.58. The first kappa shape index (κ1) is 12.5. The average Bonchev–Trinajstić information content (AvgIpc) is 2.28. The molecule has 1 atom stereocenters. The maximum absolute atomic E-state index is 5.89. The first-order valence-electron chi connectivity index (χ1n) is 6.35. The zero-order valence-corrected chi connectivity index (χ0v) is 11.0. The van der Waals surface area contributed by atoms with E-state index in [0.717, 1.165) is 11.7 Å². The van der Waals surface area contributed by atoms with Gasteiger partial charge in [0.2, 0.25) is 0 Å². The van der Waals surface area contributed by atoms with Gasteiger partial charge in [-0.3, -0.25) is 0 Å². The molecular weight excluding hydrogens is 234 g/mol. The van der Waals surface area contributed by atoms with Crippen LogP contribution in [0.3, 0.4) is 0 Å². The first-order valence-corrected chi connectivity index (χ1v) is 6.72. The second-order valence-corrected chi connectivity index (χ2v) is 5.33. The Morgan fingerprint density at radius 2 is 2.06 bits per heavy atom. The van der Waals surface area contributed by atoms with Crippen LogP contribution in [0.1, 0.15) is 39.0 Å². The molecule has 0 saturated heterocycles. The standard InChI is InChI=1S/C13H20ClN3/c1-9(10-5-3-2-4-6-10)16-13-8-11(15)7-12(14)17-13/h7-10H,2-6H2,1H3,(H3,15,16,17). The van der Waals surface area contributed by atoms with Crippen molar-refractivity contribution < 1.29 is 0 Å². The minimum Gasteiger partial charge on any atom is -0.399 e. The van der Waals surface area contributed by atoms with Crippen molar-refractivity contribution in [2.45, 2.75) is 45.1 Å². The van der Waals surface area contributed by atoms with Gasteiger partial charge in [-0.15, -0.1) is 0 Å². The van der Waals surface area contributed by atoms with Gasteiger partial charge in [-0.1, -0.05) is 30.9 Å². The lowest BCUT2D eigenvalue weighted by Gasteiger charge is -2.28. The molecule has 1 heterocycles. The first-order chi connectivity index (χ1) is 8.15. The summed E-state index contributed by atoms with van der Waals surface area (Å²) < 4.78 is 0. The summed E-state index contributed by atoms with van der Waals surface area (Å²) in [6, 6.07) is 3.93. The van der Waals surface area contributed by atoms with Gasteiger partial charge >= 0.3 is 0 Å². The number of aromatic nitrogens is 1. The Kier molecular flexibility index (Phi) is 4.11. The summed E-state index contributed by atoms with van der Waals surface area (Å²) in [5.74, 6) is 1.53. The molecule has 3 nitrogen and oxygen atoms in total. The summed E-state index contributed by atoms with van der Waals surface area (Å²) in [4.78, 5) is 4.24. The fourth-order valence-corrected chi connectivity index (χ4v) is 2.79. The summed E-state index contributed by atoms with van der Waals surface area (Å²) in [5, 5.41) is 3.87. The number of hydrogen-bond donors (Lipinski definition) is 2. The molecule has 1 fully saturated rings. The third-order valence-corrected chi connectivity index (χ3v) is 3.74. The van der Waals surface area contributed by atoms with Crippen molar-refractivity contribution in [3.05, 3.63) is 17.3 Å². The van der Waals surface area contributed by atoms with Crippen molar-refractivity contribution in [3.8, 4) is 0 Å². The van der Waals surface area contributed by atoms with Gasteiger partial charge in [0, 0.05) is 17.8 Å². The van der Waals surface area contributed by atoms with Gasteiger partial charge in [0.25, 0.3) is 0 Å². The lowest BCUT2D eigenvalue weighted by molar-refractivity contribution is 0.328. The lowest BCUT2D eigenvalue weighted by Crippen LogP contribution is -2.28. The highest BCUT2D eigenvalue weighted by Crippen LogP contribution is 2.28. The van der Waals surface area contributed by atoms with E-state index in [1.54, 1.807) is 6.07 Å². The Balaban J connectivity index is 1.99. The largest absolute Gasteiger partial charge is 0.399 e. The molecule has 1 unspecified atom stereocenters. The Morgan fingerprint density at radius 3 is 2.71 bits per heavy atom. The number of nitrogens with one attached hydrogen (secondary N) is 1. The molecule has 1 aromatic heterocycles. The van der Waals surface area contributed by atoms with Crippen LogP contribution in [0.4, 0.5) is 11.5 Å². The Hall–Kier alpha value is -0.960. The van der Waals surface area contributed by atoms with Gasteiger partial charge in [-0.05, 0) is 31.7 Å². The van der Waals surface area contributed by atoms with Crippen LogP contribution >= 0.6 is 11.6 Å². The fourth-order valence-electron chi connectivity index (χ4n) is 2.58. The zero-order chi connectivity index (χ0) is 12.3. The Labute approximate surface area is 108 Å². The maximum atomic E-state index is 5.89. The van der Waals surface area contributed by atoms with Crippen LogP contribution < -0.4 is 11.1 Å². The van der Waals surface area contributed by atoms with Gasteiger partial charge in [0.05, 0.1) is 0 Å². The topological polar surface area (TPSA) is 50.9 Å². The van der Waals surface area contributed by atoms with Crippen LogP contribution in [0.25, 0.3) is 0 Å². The van der Waals surface area contributed by atoms with E-state index in [-0.39, 0.29) is 0 Å². The highest BCUT2D eigenvalue weighted by molar-refractivity contribution is 6.29. The number of halogens is 1. The van der Waals surface area contributed by atoms with Gasteiger partial charge in [0.15, 0.2) is 0 Å².